The summed E-state index contributed by atoms with van der Waals surface area (Å²) in [6.45, 7) is 15.8. The predicted molar refractivity (Wildman–Crippen MR) is 77.4 cm³/mol. The van der Waals surface area contributed by atoms with Crippen LogP contribution in [0.4, 0.5) is 0 Å². The molecule has 0 aliphatic carbocycles. The fourth-order valence-corrected chi connectivity index (χ4v) is 1.87. The van der Waals surface area contributed by atoms with E-state index in [1.807, 2.05) is 17.9 Å². The standard InChI is InChI=1S/C15H29N3/c1-14(2,3)8-9-18(15(4,5)6)11-13-10-17(7)12-16-13/h10,12H,8-9,11H2,1-7H3. The van der Waals surface area contributed by atoms with E-state index in [-0.39, 0.29) is 5.54 Å². The van der Waals surface area contributed by atoms with Crippen molar-refractivity contribution in [1.29, 1.82) is 0 Å². The second kappa shape index (κ2) is 5.43. The largest absolute Gasteiger partial charge is 0.340 e. The number of aromatic nitrogens is 2. The minimum absolute atomic E-state index is 0.183. The highest BCUT2D eigenvalue weighted by Gasteiger charge is 2.23. The van der Waals surface area contributed by atoms with Crippen LogP contribution in [0.3, 0.4) is 0 Å². The molecule has 1 aromatic heterocycles. The lowest BCUT2D eigenvalue weighted by atomic mass is 9.91. The zero-order chi connectivity index (χ0) is 14.0. The second-order valence-electron chi connectivity index (χ2n) is 7.43. The van der Waals surface area contributed by atoms with Crippen molar-refractivity contribution in [3.8, 4) is 0 Å². The molecular weight excluding hydrogens is 222 g/mol. The maximum absolute atomic E-state index is 4.43. The fourth-order valence-electron chi connectivity index (χ4n) is 1.87. The van der Waals surface area contributed by atoms with E-state index in [1.54, 1.807) is 0 Å². The number of rotatable bonds is 4. The highest BCUT2D eigenvalue weighted by atomic mass is 15.2. The van der Waals surface area contributed by atoms with Crippen molar-refractivity contribution < 1.29 is 0 Å². The number of hydrogen-bond acceptors (Lipinski definition) is 2. The van der Waals surface area contributed by atoms with E-state index >= 15 is 0 Å². The molecule has 0 bridgehead atoms. The van der Waals surface area contributed by atoms with Crippen molar-refractivity contribution in [1.82, 2.24) is 14.5 Å². The van der Waals surface area contributed by atoms with E-state index < -0.39 is 0 Å². The summed E-state index contributed by atoms with van der Waals surface area (Å²) in [5.74, 6) is 0. The van der Waals surface area contributed by atoms with Crippen LogP contribution in [0.5, 0.6) is 0 Å². The van der Waals surface area contributed by atoms with E-state index in [2.05, 4.69) is 57.6 Å². The van der Waals surface area contributed by atoms with Crippen molar-refractivity contribution in [2.45, 2.75) is 60.0 Å². The molecule has 104 valence electrons. The predicted octanol–water partition coefficient (Wildman–Crippen LogP) is 3.46. The minimum atomic E-state index is 0.183. The van der Waals surface area contributed by atoms with E-state index in [0.717, 1.165) is 18.8 Å². The van der Waals surface area contributed by atoms with Crippen molar-refractivity contribution in [2.75, 3.05) is 6.54 Å². The van der Waals surface area contributed by atoms with Crippen molar-refractivity contribution >= 4 is 0 Å². The minimum Gasteiger partial charge on any atom is -0.340 e. The van der Waals surface area contributed by atoms with Gasteiger partial charge in [-0.05, 0) is 39.2 Å². The third kappa shape index (κ3) is 5.21. The van der Waals surface area contributed by atoms with E-state index in [9.17, 15) is 0 Å². The number of nitrogens with zero attached hydrogens (tertiary/aromatic N) is 3. The molecule has 0 aliphatic rings. The molecule has 0 N–H and O–H groups in total. The normalized spacial score (nSPS) is 13.3. The fraction of sp³-hybridized carbons (Fsp3) is 0.800. The van der Waals surface area contributed by atoms with Gasteiger partial charge in [0.2, 0.25) is 0 Å². The molecule has 0 aromatic carbocycles. The van der Waals surface area contributed by atoms with Crippen LogP contribution in [0.15, 0.2) is 12.5 Å². The molecule has 0 saturated heterocycles. The van der Waals surface area contributed by atoms with Gasteiger partial charge >= 0.3 is 0 Å². The van der Waals surface area contributed by atoms with Crippen LogP contribution in [0.2, 0.25) is 0 Å². The maximum Gasteiger partial charge on any atom is 0.0947 e. The maximum atomic E-state index is 4.43. The van der Waals surface area contributed by atoms with Crippen LogP contribution in [0.1, 0.15) is 53.7 Å². The first-order chi connectivity index (χ1) is 8.08. The van der Waals surface area contributed by atoms with Crippen LogP contribution in [-0.4, -0.2) is 26.5 Å². The lowest BCUT2D eigenvalue weighted by Crippen LogP contribution is -2.42. The quantitative estimate of drug-likeness (QED) is 0.817. The number of imidazole rings is 1. The van der Waals surface area contributed by atoms with Gasteiger partial charge in [0, 0.05) is 25.3 Å². The Morgan fingerprint density at radius 1 is 1.17 bits per heavy atom. The Balaban J connectivity index is 2.68. The molecule has 0 radical (unpaired) electrons. The number of hydrogen-bond donors (Lipinski definition) is 0. The van der Waals surface area contributed by atoms with Crippen LogP contribution >= 0.6 is 0 Å². The SMILES string of the molecule is Cn1cnc(CN(CCC(C)(C)C)C(C)(C)C)c1. The second-order valence-corrected chi connectivity index (χ2v) is 7.43. The van der Waals surface area contributed by atoms with Gasteiger partial charge in [0.15, 0.2) is 0 Å². The van der Waals surface area contributed by atoms with Gasteiger partial charge in [0.1, 0.15) is 0 Å². The Labute approximate surface area is 112 Å². The monoisotopic (exact) mass is 251 g/mol. The van der Waals surface area contributed by atoms with E-state index in [0.29, 0.717) is 5.41 Å². The molecule has 1 aromatic rings. The Hall–Kier alpha value is -0.830. The Bertz CT molecular complexity index is 366. The van der Waals surface area contributed by atoms with Crippen LogP contribution in [0, 0.1) is 5.41 Å². The summed E-state index contributed by atoms with van der Waals surface area (Å²) in [6, 6.07) is 0. The first-order valence-electron chi connectivity index (χ1n) is 6.80. The summed E-state index contributed by atoms with van der Waals surface area (Å²) in [7, 11) is 2.02. The smallest absolute Gasteiger partial charge is 0.0947 e. The molecule has 0 atom stereocenters. The zero-order valence-corrected chi connectivity index (χ0v) is 13.1. The molecule has 18 heavy (non-hydrogen) atoms. The van der Waals surface area contributed by atoms with E-state index in [1.165, 1.54) is 6.42 Å². The molecule has 3 heteroatoms. The average molecular weight is 251 g/mol. The Morgan fingerprint density at radius 3 is 2.17 bits per heavy atom. The molecule has 1 rings (SSSR count). The van der Waals surface area contributed by atoms with Crippen LogP contribution < -0.4 is 0 Å². The first-order valence-corrected chi connectivity index (χ1v) is 6.80. The van der Waals surface area contributed by atoms with Gasteiger partial charge in [-0.15, -0.1) is 0 Å². The molecule has 0 aliphatic heterocycles. The summed E-state index contributed by atoms with van der Waals surface area (Å²) < 4.78 is 2.01. The highest BCUT2D eigenvalue weighted by Crippen LogP contribution is 2.23. The molecular formula is C15H29N3. The zero-order valence-electron chi connectivity index (χ0n) is 13.1. The van der Waals surface area contributed by atoms with Gasteiger partial charge < -0.3 is 4.57 Å². The van der Waals surface area contributed by atoms with Gasteiger partial charge in [0.05, 0.1) is 12.0 Å². The molecule has 1 heterocycles. The first kappa shape index (κ1) is 15.2. The molecule has 0 saturated carbocycles. The van der Waals surface area contributed by atoms with Crippen LogP contribution in [0.25, 0.3) is 0 Å². The van der Waals surface area contributed by atoms with Crippen molar-refractivity contribution in [3.63, 3.8) is 0 Å². The third-order valence-corrected chi connectivity index (χ3v) is 3.19. The van der Waals surface area contributed by atoms with Gasteiger partial charge in [-0.2, -0.15) is 0 Å². The molecule has 0 spiro atoms. The lowest BCUT2D eigenvalue weighted by Gasteiger charge is -2.37. The van der Waals surface area contributed by atoms with Gasteiger partial charge in [-0.25, -0.2) is 4.98 Å². The summed E-state index contributed by atoms with van der Waals surface area (Å²) in [5, 5.41) is 0. The summed E-state index contributed by atoms with van der Waals surface area (Å²) in [4.78, 5) is 6.95. The Kier molecular flexibility index (Phi) is 4.60. The summed E-state index contributed by atoms with van der Waals surface area (Å²) >= 11 is 0. The van der Waals surface area contributed by atoms with Crippen LogP contribution in [-0.2, 0) is 13.6 Å². The van der Waals surface area contributed by atoms with Crippen molar-refractivity contribution in [3.05, 3.63) is 18.2 Å². The topological polar surface area (TPSA) is 21.1 Å². The van der Waals surface area contributed by atoms with Gasteiger partial charge in [-0.3, -0.25) is 4.90 Å². The Morgan fingerprint density at radius 2 is 1.78 bits per heavy atom. The van der Waals surface area contributed by atoms with Crippen molar-refractivity contribution in [2.24, 2.45) is 12.5 Å². The van der Waals surface area contributed by atoms with E-state index in [4.69, 9.17) is 0 Å². The van der Waals surface area contributed by atoms with Gasteiger partial charge in [0.25, 0.3) is 0 Å². The molecule has 0 amide bonds. The molecule has 3 nitrogen and oxygen atoms in total. The summed E-state index contributed by atoms with van der Waals surface area (Å²) in [5.41, 5.74) is 1.72. The molecule has 0 fully saturated rings. The highest BCUT2D eigenvalue weighted by molar-refractivity contribution is 4.97. The lowest BCUT2D eigenvalue weighted by molar-refractivity contribution is 0.109. The third-order valence-electron chi connectivity index (χ3n) is 3.19. The molecule has 0 unspecified atom stereocenters. The average Bonchev–Trinajstić information content (AvgIpc) is 2.55. The summed E-state index contributed by atoms with van der Waals surface area (Å²) in [6.07, 6.45) is 5.19. The van der Waals surface area contributed by atoms with Gasteiger partial charge in [-0.1, -0.05) is 20.8 Å². The number of aryl methyl sites for hydroxylation is 1.